The number of carbonyl (C=O) groups excluding carboxylic acids is 4. The van der Waals surface area contributed by atoms with Gasteiger partial charge in [-0.3, -0.25) is 9.59 Å². The molecule has 2 saturated heterocycles. The van der Waals surface area contributed by atoms with E-state index in [0.29, 0.717) is 43.0 Å². The maximum absolute atomic E-state index is 13.9. The minimum atomic E-state index is -0.731. The molecular formula is C53H63N9O8. The van der Waals surface area contributed by atoms with E-state index in [-0.39, 0.29) is 35.7 Å². The minimum absolute atomic E-state index is 0.137. The summed E-state index contributed by atoms with van der Waals surface area (Å²) < 4.78 is 25.1. The Bertz CT molecular complexity index is 2900. The first-order valence-corrected chi connectivity index (χ1v) is 24.3. The third-order valence-electron chi connectivity index (χ3n) is 13.6. The van der Waals surface area contributed by atoms with Crippen LogP contribution in [0.25, 0.3) is 44.7 Å². The zero-order valence-electron chi connectivity index (χ0n) is 41.1. The summed E-state index contributed by atoms with van der Waals surface area (Å²) >= 11 is 0. The molecule has 3 aromatic carbocycles. The Hall–Kier alpha value is -7.30. The molecule has 2 fully saturated rings. The number of hydrogen-bond acceptors (Lipinski definition) is 10. The number of fused-ring (bicyclic) bond motifs is 5. The standard InChI is InChI=1S/C53H63N9O8/c1-29(2)28-69-36-13-9-12-34(23-36)51-62-40-19-17-32(38-26-54-47(56-38)41-14-10-20-60(41)49(63)45(30(3)4)58-52(65)67-7)22-35(40)24-43(62)37-18-16-33(25-44(37)70-51)39-27-55-48(57-39)42-15-11-21-61(42)50(64)46(31(5)6)59-53(66)68-8/h9,12-13,16-19,22-27,29-31,41-42,45-46,51H,10-11,14-15,20-21,28H2,1-8H3,(H,54,56)(H,55,57)(H,58,65)(H,59,66)/t41-,42-,45-,46-,51?/m0/s1. The number of H-pyrrole nitrogens is 2. The molecule has 368 valence electrons. The van der Waals surface area contributed by atoms with Crippen molar-refractivity contribution in [2.75, 3.05) is 33.9 Å². The Balaban J connectivity index is 1.03. The van der Waals surface area contributed by atoms with Crippen LogP contribution in [0.1, 0.15) is 103 Å². The Morgan fingerprint density at radius 2 is 1.30 bits per heavy atom. The molecule has 6 aromatic rings. The lowest BCUT2D eigenvalue weighted by Gasteiger charge is -2.31. The fourth-order valence-electron chi connectivity index (χ4n) is 9.96. The Labute approximate surface area is 407 Å². The van der Waals surface area contributed by atoms with Crippen LogP contribution in [0.15, 0.2) is 79.1 Å². The van der Waals surface area contributed by atoms with E-state index in [4.69, 9.17) is 28.9 Å². The van der Waals surface area contributed by atoms with E-state index >= 15 is 0 Å². The van der Waals surface area contributed by atoms with Crippen LogP contribution in [0.5, 0.6) is 11.5 Å². The van der Waals surface area contributed by atoms with Gasteiger partial charge in [0.2, 0.25) is 18.0 Å². The van der Waals surface area contributed by atoms with E-state index in [1.165, 1.54) is 14.2 Å². The number of likely N-dealkylation sites (tertiary alicyclic amines) is 2. The molecule has 0 bridgehead atoms. The Morgan fingerprint density at radius 1 is 0.729 bits per heavy atom. The summed E-state index contributed by atoms with van der Waals surface area (Å²) in [4.78, 5) is 72.3. The van der Waals surface area contributed by atoms with Gasteiger partial charge in [-0.2, -0.15) is 0 Å². The number of hydrogen-bond donors (Lipinski definition) is 4. The summed E-state index contributed by atoms with van der Waals surface area (Å²) in [5.74, 6) is 2.59. The molecule has 0 spiro atoms. The van der Waals surface area contributed by atoms with E-state index in [1.54, 1.807) is 11.1 Å². The first kappa shape index (κ1) is 47.8. The quantitative estimate of drug-likeness (QED) is 0.0817. The predicted octanol–water partition coefficient (Wildman–Crippen LogP) is 9.15. The van der Waals surface area contributed by atoms with Crippen molar-refractivity contribution in [2.24, 2.45) is 17.8 Å². The highest BCUT2D eigenvalue weighted by Gasteiger charge is 2.39. The van der Waals surface area contributed by atoms with E-state index < -0.39 is 30.5 Å². The average Bonchev–Trinajstić information content (AvgIpc) is 4.22. The molecule has 0 saturated carbocycles. The number of aromatic nitrogens is 5. The van der Waals surface area contributed by atoms with Gasteiger partial charge in [-0.05, 0) is 85.9 Å². The molecule has 70 heavy (non-hydrogen) atoms. The number of amides is 4. The maximum atomic E-state index is 13.9. The van der Waals surface area contributed by atoms with Crippen LogP contribution in [0, 0.1) is 17.8 Å². The van der Waals surface area contributed by atoms with Crippen LogP contribution in [0.4, 0.5) is 9.59 Å². The van der Waals surface area contributed by atoms with Crippen LogP contribution in [-0.4, -0.2) is 104 Å². The van der Waals surface area contributed by atoms with Gasteiger partial charge >= 0.3 is 12.2 Å². The average molecular weight is 954 g/mol. The molecule has 3 aliphatic heterocycles. The second-order valence-corrected chi connectivity index (χ2v) is 19.6. The fourth-order valence-corrected chi connectivity index (χ4v) is 9.96. The third-order valence-corrected chi connectivity index (χ3v) is 13.6. The van der Waals surface area contributed by atoms with E-state index in [0.717, 1.165) is 81.7 Å². The van der Waals surface area contributed by atoms with Crippen molar-refractivity contribution in [3.8, 4) is 45.3 Å². The molecule has 0 aliphatic carbocycles. The SMILES string of the molecule is COC(=O)N[C@H](C(=O)N1CCC[C@H]1c1ncc(-c2ccc3c(c2)OC(c2cccc(OCC(C)C)c2)n2c-3cc3cc(-c4cnc([C@@H]5CCCN5C(=O)[C@@H](NC(=O)OC)C(C)C)[nH]4)ccc32)[nH]1)C(C)C. The van der Waals surface area contributed by atoms with Crippen LogP contribution in [0.2, 0.25) is 0 Å². The second kappa shape index (κ2) is 20.0. The molecule has 5 atom stereocenters. The molecule has 9 rings (SSSR count). The molecule has 17 heteroatoms. The van der Waals surface area contributed by atoms with Gasteiger partial charge < -0.3 is 53.9 Å². The van der Waals surface area contributed by atoms with Gasteiger partial charge in [-0.1, -0.05) is 65.8 Å². The van der Waals surface area contributed by atoms with Crippen molar-refractivity contribution in [3.63, 3.8) is 0 Å². The minimum Gasteiger partial charge on any atom is -0.493 e. The number of methoxy groups -OCH3 is 2. The van der Waals surface area contributed by atoms with Gasteiger partial charge in [0.15, 0.2) is 0 Å². The van der Waals surface area contributed by atoms with Crippen molar-refractivity contribution >= 4 is 34.9 Å². The Morgan fingerprint density at radius 3 is 1.86 bits per heavy atom. The normalized spacial score (nSPS) is 18.4. The number of rotatable bonds is 14. The lowest BCUT2D eigenvalue weighted by atomic mass is 10.0. The number of nitrogens with zero attached hydrogens (tertiary/aromatic N) is 5. The predicted molar refractivity (Wildman–Crippen MR) is 264 cm³/mol. The summed E-state index contributed by atoms with van der Waals surface area (Å²) in [7, 11) is 2.58. The van der Waals surface area contributed by atoms with Crippen molar-refractivity contribution < 1.29 is 38.1 Å². The largest absolute Gasteiger partial charge is 0.493 e. The zero-order valence-corrected chi connectivity index (χ0v) is 41.1. The van der Waals surface area contributed by atoms with Gasteiger partial charge in [0.05, 0.1) is 67.9 Å². The van der Waals surface area contributed by atoms with Crippen molar-refractivity contribution in [1.82, 2.24) is 44.9 Å². The van der Waals surface area contributed by atoms with E-state index in [1.807, 2.05) is 63.1 Å². The maximum Gasteiger partial charge on any atom is 0.407 e. The van der Waals surface area contributed by atoms with Crippen molar-refractivity contribution in [2.45, 2.75) is 97.6 Å². The molecule has 4 amide bonds. The molecule has 17 nitrogen and oxygen atoms in total. The molecule has 3 aromatic heterocycles. The van der Waals surface area contributed by atoms with Gasteiger partial charge in [0.25, 0.3) is 0 Å². The van der Waals surface area contributed by atoms with Gasteiger partial charge in [-0.25, -0.2) is 19.6 Å². The van der Waals surface area contributed by atoms with Gasteiger partial charge in [0, 0.05) is 40.7 Å². The highest BCUT2D eigenvalue weighted by Crippen LogP contribution is 2.47. The lowest BCUT2D eigenvalue weighted by Crippen LogP contribution is -2.51. The summed E-state index contributed by atoms with van der Waals surface area (Å²) in [6.45, 7) is 13.6. The molecule has 6 heterocycles. The van der Waals surface area contributed by atoms with Gasteiger partial charge in [0.1, 0.15) is 35.2 Å². The number of alkyl carbamates (subject to hydrolysis) is 2. The highest BCUT2D eigenvalue weighted by atomic mass is 16.5. The van der Waals surface area contributed by atoms with E-state index in [2.05, 4.69) is 81.5 Å². The lowest BCUT2D eigenvalue weighted by molar-refractivity contribution is -0.136. The van der Waals surface area contributed by atoms with Crippen LogP contribution in [0.3, 0.4) is 0 Å². The third kappa shape index (κ3) is 9.40. The number of benzene rings is 3. The number of imidazole rings is 2. The van der Waals surface area contributed by atoms with Crippen LogP contribution >= 0.6 is 0 Å². The molecule has 0 radical (unpaired) electrons. The first-order valence-electron chi connectivity index (χ1n) is 24.3. The highest BCUT2D eigenvalue weighted by molar-refractivity contribution is 5.93. The monoisotopic (exact) mass is 953 g/mol. The smallest absolute Gasteiger partial charge is 0.407 e. The number of carbonyl (C=O) groups is 4. The van der Waals surface area contributed by atoms with Crippen molar-refractivity contribution in [1.29, 1.82) is 0 Å². The van der Waals surface area contributed by atoms with Crippen LogP contribution in [-0.2, 0) is 19.1 Å². The van der Waals surface area contributed by atoms with Crippen LogP contribution < -0.4 is 20.1 Å². The first-order chi connectivity index (χ1) is 33.7. The topological polar surface area (TPSA) is 198 Å². The summed E-state index contributed by atoms with van der Waals surface area (Å²) in [5.41, 5.74) is 7.22. The molecule has 4 N–H and O–H groups in total. The summed E-state index contributed by atoms with van der Waals surface area (Å²) in [6, 6.07) is 20.8. The number of nitrogens with one attached hydrogen (secondary N) is 4. The number of aromatic amines is 2. The van der Waals surface area contributed by atoms with E-state index in [9.17, 15) is 19.2 Å². The fraction of sp³-hybridized carbons (Fsp3) is 0.434. The summed E-state index contributed by atoms with van der Waals surface area (Å²) in [5, 5.41) is 6.45. The summed E-state index contributed by atoms with van der Waals surface area (Å²) in [6.07, 6.45) is 4.91. The molecule has 1 unspecified atom stereocenters. The Kier molecular flexibility index (Phi) is 13.6. The zero-order chi connectivity index (χ0) is 49.4. The second-order valence-electron chi connectivity index (χ2n) is 19.6. The number of ether oxygens (including phenoxy) is 4. The van der Waals surface area contributed by atoms with Gasteiger partial charge in [-0.15, -0.1) is 0 Å². The molecule has 3 aliphatic rings. The van der Waals surface area contributed by atoms with Crippen molar-refractivity contribution in [3.05, 3.63) is 96.3 Å². The molecular weight excluding hydrogens is 891 g/mol.